The molecule has 8 heteroatoms. The molecule has 0 unspecified atom stereocenters. The van der Waals surface area contributed by atoms with Crippen molar-refractivity contribution in [2.45, 2.75) is 19.9 Å². The quantitative estimate of drug-likeness (QED) is 0.432. The first kappa shape index (κ1) is 21.7. The number of hydrogen-bond acceptors (Lipinski definition) is 8. The summed E-state index contributed by atoms with van der Waals surface area (Å²) >= 11 is 0. The third-order valence-corrected chi connectivity index (χ3v) is 5.15. The molecule has 4 rings (SSSR count). The Kier molecular flexibility index (Phi) is 7.24. The third kappa shape index (κ3) is 6.01. The van der Waals surface area contributed by atoms with Gasteiger partial charge >= 0.3 is 6.01 Å². The fraction of sp³-hybridized carbons (Fsp3) is 0.333. The van der Waals surface area contributed by atoms with E-state index < -0.39 is 0 Å². The van der Waals surface area contributed by atoms with Crippen molar-refractivity contribution in [3.05, 3.63) is 71.2 Å². The van der Waals surface area contributed by atoms with Crippen LogP contribution in [0.2, 0.25) is 0 Å². The predicted molar refractivity (Wildman–Crippen MR) is 125 cm³/mol. The highest BCUT2D eigenvalue weighted by Crippen LogP contribution is 2.18. The highest BCUT2D eigenvalue weighted by Gasteiger charge is 2.15. The van der Waals surface area contributed by atoms with Gasteiger partial charge in [0, 0.05) is 49.4 Å². The van der Waals surface area contributed by atoms with Crippen LogP contribution < -0.4 is 15.4 Å². The Morgan fingerprint density at radius 3 is 2.84 bits per heavy atom. The molecule has 2 aromatic heterocycles. The largest absolute Gasteiger partial charge is 0.463 e. The van der Waals surface area contributed by atoms with E-state index in [1.807, 2.05) is 43.3 Å². The number of morpholine rings is 1. The van der Waals surface area contributed by atoms with Gasteiger partial charge in [-0.05, 0) is 30.7 Å². The summed E-state index contributed by atoms with van der Waals surface area (Å²) in [6.07, 6.45) is 4.21. The molecule has 0 aliphatic carbocycles. The number of anilines is 2. The number of ether oxygens (including phenoxy) is 2. The number of hydrogen-bond donors (Lipinski definition) is 1. The predicted octanol–water partition coefficient (Wildman–Crippen LogP) is 2.84. The molecule has 1 aliphatic rings. The van der Waals surface area contributed by atoms with Crippen molar-refractivity contribution in [3.8, 4) is 6.01 Å². The monoisotopic (exact) mass is 432 g/mol. The average Bonchev–Trinajstić information content (AvgIpc) is 2.82. The van der Waals surface area contributed by atoms with Crippen LogP contribution in [0.5, 0.6) is 6.01 Å². The molecule has 8 nitrogen and oxygen atoms in total. The number of nitrogens with two attached hydrogens (primary N) is 1. The summed E-state index contributed by atoms with van der Waals surface area (Å²) in [6, 6.07) is 14.1. The van der Waals surface area contributed by atoms with Gasteiger partial charge < -0.3 is 20.1 Å². The number of nitrogens with zero attached hydrogens (tertiary/aromatic N) is 5. The van der Waals surface area contributed by atoms with Crippen LogP contribution in [-0.2, 0) is 17.7 Å². The molecule has 1 aliphatic heterocycles. The summed E-state index contributed by atoms with van der Waals surface area (Å²) < 4.78 is 11.3. The van der Waals surface area contributed by atoms with E-state index >= 15 is 0 Å². The second-order valence-corrected chi connectivity index (χ2v) is 7.62. The van der Waals surface area contributed by atoms with Crippen molar-refractivity contribution in [2.24, 2.45) is 4.99 Å². The number of benzene rings is 1. The Labute approximate surface area is 188 Å². The number of aliphatic imine (C=N–C) groups is 1. The minimum atomic E-state index is 0.335. The fourth-order valence-corrected chi connectivity index (χ4v) is 3.42. The van der Waals surface area contributed by atoms with E-state index in [9.17, 15) is 0 Å². The van der Waals surface area contributed by atoms with Gasteiger partial charge in [0.1, 0.15) is 5.82 Å². The molecule has 0 saturated carbocycles. The van der Waals surface area contributed by atoms with Gasteiger partial charge in [-0.15, -0.1) is 0 Å². The Hall–Kier alpha value is -3.52. The van der Waals surface area contributed by atoms with E-state index in [-0.39, 0.29) is 0 Å². The Bertz CT molecular complexity index is 1050. The minimum absolute atomic E-state index is 0.335. The number of aromatic nitrogens is 3. The van der Waals surface area contributed by atoms with Gasteiger partial charge in [0.15, 0.2) is 0 Å². The molecule has 2 N–H and O–H groups in total. The van der Waals surface area contributed by atoms with Gasteiger partial charge in [-0.3, -0.25) is 9.98 Å². The topological polar surface area (TPSA) is 98.8 Å². The van der Waals surface area contributed by atoms with Gasteiger partial charge in [-0.25, -0.2) is 0 Å². The van der Waals surface area contributed by atoms with Gasteiger partial charge in [0.05, 0.1) is 32.1 Å². The van der Waals surface area contributed by atoms with Crippen LogP contribution in [0.3, 0.4) is 0 Å². The molecule has 0 spiro atoms. The summed E-state index contributed by atoms with van der Waals surface area (Å²) in [6.45, 7) is 5.88. The van der Waals surface area contributed by atoms with E-state index in [4.69, 9.17) is 15.2 Å². The van der Waals surface area contributed by atoms with Crippen molar-refractivity contribution in [3.63, 3.8) is 0 Å². The van der Waals surface area contributed by atoms with E-state index in [1.165, 1.54) is 0 Å². The lowest BCUT2D eigenvalue weighted by molar-refractivity contribution is 0.122. The van der Waals surface area contributed by atoms with Gasteiger partial charge in [0.2, 0.25) is 0 Å². The van der Waals surface area contributed by atoms with Crippen LogP contribution in [0.25, 0.3) is 0 Å². The smallest absolute Gasteiger partial charge is 0.318 e. The lowest BCUT2D eigenvalue weighted by atomic mass is 10.1. The average molecular weight is 433 g/mol. The van der Waals surface area contributed by atoms with Crippen molar-refractivity contribution >= 4 is 17.7 Å². The standard InChI is InChI=1S/C24H28N6O2/c1-18-5-6-22(25)19(14-18)16-26-17-21-15-23(30-9-12-31-13-10-30)29-24(28-21)32-11-7-20-4-2-3-8-27-20/h2-6,8,14-15,17H,7,9-13,16,25H2,1H3. The zero-order valence-electron chi connectivity index (χ0n) is 18.3. The van der Waals surface area contributed by atoms with Crippen molar-refractivity contribution in [1.82, 2.24) is 15.0 Å². The van der Waals surface area contributed by atoms with Crippen LogP contribution in [-0.4, -0.2) is 54.1 Å². The number of aryl methyl sites for hydroxylation is 1. The summed E-state index contributed by atoms with van der Waals surface area (Å²) in [7, 11) is 0. The molecule has 1 aromatic carbocycles. The maximum absolute atomic E-state index is 6.07. The highest BCUT2D eigenvalue weighted by molar-refractivity contribution is 5.78. The Balaban J connectivity index is 1.49. The minimum Gasteiger partial charge on any atom is -0.463 e. The third-order valence-electron chi connectivity index (χ3n) is 5.15. The molecule has 32 heavy (non-hydrogen) atoms. The SMILES string of the molecule is Cc1ccc(N)c(CN=Cc2cc(N3CCOCC3)nc(OCCc3ccccn3)n2)c1. The zero-order valence-corrected chi connectivity index (χ0v) is 18.3. The summed E-state index contributed by atoms with van der Waals surface area (Å²) in [5, 5.41) is 0. The molecule has 0 amide bonds. The second kappa shape index (κ2) is 10.7. The maximum Gasteiger partial charge on any atom is 0.318 e. The highest BCUT2D eigenvalue weighted by atomic mass is 16.5. The van der Waals surface area contributed by atoms with Crippen molar-refractivity contribution in [2.75, 3.05) is 43.5 Å². The van der Waals surface area contributed by atoms with Crippen LogP contribution in [0.1, 0.15) is 22.5 Å². The van der Waals surface area contributed by atoms with Gasteiger partial charge in [-0.1, -0.05) is 23.8 Å². The first-order valence-electron chi connectivity index (χ1n) is 10.8. The number of nitrogen functional groups attached to an aromatic ring is 1. The van der Waals surface area contributed by atoms with Crippen LogP contribution in [0.4, 0.5) is 11.5 Å². The van der Waals surface area contributed by atoms with E-state index in [0.29, 0.717) is 44.5 Å². The summed E-state index contributed by atoms with van der Waals surface area (Å²) in [5.41, 5.74) is 10.6. The van der Waals surface area contributed by atoms with E-state index in [2.05, 4.69) is 30.9 Å². The van der Waals surface area contributed by atoms with Crippen LogP contribution in [0.15, 0.2) is 53.7 Å². The Morgan fingerprint density at radius 2 is 2.03 bits per heavy atom. The Morgan fingerprint density at radius 1 is 1.16 bits per heavy atom. The van der Waals surface area contributed by atoms with Crippen LogP contribution in [0, 0.1) is 6.92 Å². The zero-order chi connectivity index (χ0) is 22.2. The first-order chi connectivity index (χ1) is 15.7. The van der Waals surface area contributed by atoms with Gasteiger partial charge in [0.25, 0.3) is 0 Å². The lowest BCUT2D eigenvalue weighted by Gasteiger charge is -2.28. The van der Waals surface area contributed by atoms with Crippen LogP contribution >= 0.6 is 0 Å². The fourth-order valence-electron chi connectivity index (χ4n) is 3.42. The molecular weight excluding hydrogens is 404 g/mol. The molecule has 0 bridgehead atoms. The molecule has 0 atom stereocenters. The first-order valence-corrected chi connectivity index (χ1v) is 10.8. The molecule has 0 radical (unpaired) electrons. The van der Waals surface area contributed by atoms with Crippen molar-refractivity contribution in [1.29, 1.82) is 0 Å². The molecule has 1 saturated heterocycles. The molecular formula is C24H28N6O2. The second-order valence-electron chi connectivity index (χ2n) is 7.62. The maximum atomic E-state index is 6.07. The summed E-state index contributed by atoms with van der Waals surface area (Å²) in [5.74, 6) is 0.813. The molecule has 3 aromatic rings. The molecule has 166 valence electrons. The number of pyridine rings is 1. The van der Waals surface area contributed by atoms with Gasteiger partial charge in [-0.2, -0.15) is 9.97 Å². The summed E-state index contributed by atoms with van der Waals surface area (Å²) in [4.78, 5) is 20.2. The molecule has 1 fully saturated rings. The van der Waals surface area contributed by atoms with Crippen molar-refractivity contribution < 1.29 is 9.47 Å². The van der Waals surface area contributed by atoms with E-state index in [0.717, 1.165) is 41.4 Å². The lowest BCUT2D eigenvalue weighted by Crippen LogP contribution is -2.37. The van der Waals surface area contributed by atoms with E-state index in [1.54, 1.807) is 12.4 Å². The number of rotatable bonds is 8. The normalized spacial score (nSPS) is 14.1. The molecule has 3 heterocycles.